The van der Waals surface area contributed by atoms with Crippen LogP contribution in [0.1, 0.15) is 24.8 Å². The van der Waals surface area contributed by atoms with E-state index in [0.29, 0.717) is 0 Å². The van der Waals surface area contributed by atoms with Gasteiger partial charge in [0.25, 0.3) is 0 Å². The molecule has 2 saturated heterocycles. The van der Waals surface area contributed by atoms with Crippen molar-refractivity contribution in [1.29, 1.82) is 0 Å². The topological polar surface area (TPSA) is 45.7 Å². The minimum atomic E-state index is -0.151. The summed E-state index contributed by atoms with van der Waals surface area (Å²) in [5.41, 5.74) is -0.151. The molecule has 1 atom stereocenters. The first-order chi connectivity index (χ1) is 9.61. The third-order valence-corrected chi connectivity index (χ3v) is 5.53. The first kappa shape index (κ1) is 14.0. The molecular formula is C14H21N3O2S. The van der Waals surface area contributed by atoms with Crippen molar-refractivity contribution in [1.82, 2.24) is 14.8 Å². The Kier molecular flexibility index (Phi) is 3.79. The van der Waals surface area contributed by atoms with Gasteiger partial charge in [-0.15, -0.1) is 11.3 Å². The molecule has 1 spiro atoms. The average molecular weight is 295 g/mol. The molecule has 2 aliphatic rings. The summed E-state index contributed by atoms with van der Waals surface area (Å²) in [4.78, 5) is 20.3. The maximum Gasteiger partial charge on any atom is 0.248 e. The summed E-state index contributed by atoms with van der Waals surface area (Å²) < 4.78 is 5.95. The summed E-state index contributed by atoms with van der Waals surface area (Å²) in [6.07, 6.45) is 3.83. The van der Waals surface area contributed by atoms with E-state index in [4.69, 9.17) is 4.74 Å². The smallest absolute Gasteiger partial charge is 0.248 e. The van der Waals surface area contributed by atoms with Crippen LogP contribution in [0.3, 0.4) is 0 Å². The van der Waals surface area contributed by atoms with Crippen molar-refractivity contribution in [2.45, 2.75) is 38.0 Å². The zero-order valence-electron chi connectivity index (χ0n) is 12.0. The van der Waals surface area contributed by atoms with Crippen LogP contribution in [0.15, 0.2) is 11.6 Å². The number of morpholine rings is 1. The maximum absolute atomic E-state index is 11.7. The molecule has 0 radical (unpaired) electrons. The number of rotatable bonds is 2. The minimum Gasteiger partial charge on any atom is -0.363 e. The molecule has 1 unspecified atom stereocenters. The van der Waals surface area contributed by atoms with Crippen molar-refractivity contribution < 1.29 is 9.53 Å². The number of carbonyl (C=O) groups is 1. The number of likely N-dealkylation sites (tertiary alicyclic amines) is 1. The van der Waals surface area contributed by atoms with E-state index >= 15 is 0 Å². The van der Waals surface area contributed by atoms with Gasteiger partial charge in [-0.1, -0.05) is 0 Å². The van der Waals surface area contributed by atoms with Gasteiger partial charge in [0.15, 0.2) is 0 Å². The molecule has 1 aromatic rings. The van der Waals surface area contributed by atoms with E-state index in [1.54, 1.807) is 11.3 Å². The lowest BCUT2D eigenvalue weighted by Crippen LogP contribution is -2.62. The first-order valence-electron chi connectivity index (χ1n) is 7.11. The van der Waals surface area contributed by atoms with Gasteiger partial charge in [-0.25, -0.2) is 4.98 Å². The van der Waals surface area contributed by atoms with Crippen LogP contribution in [-0.2, 0) is 16.1 Å². The molecule has 0 bridgehead atoms. The SMILES string of the molecule is CC1N(C)C(=O)COC12CCN(Cc1nccs1)CC2. The van der Waals surface area contributed by atoms with Crippen LogP contribution in [0.5, 0.6) is 0 Å². The standard InChI is InChI=1S/C14H21N3O2S/c1-11-14(19-10-13(18)16(11)2)3-6-17(7-4-14)9-12-15-5-8-20-12/h5,8,11H,3-4,6-7,9-10H2,1-2H3. The number of thiazole rings is 1. The zero-order chi connectivity index (χ0) is 14.2. The van der Waals surface area contributed by atoms with Crippen LogP contribution < -0.4 is 0 Å². The summed E-state index contributed by atoms with van der Waals surface area (Å²) in [7, 11) is 1.89. The Morgan fingerprint density at radius 3 is 2.90 bits per heavy atom. The molecule has 0 aromatic carbocycles. The Balaban J connectivity index is 1.61. The number of piperidine rings is 1. The number of likely N-dealkylation sites (N-methyl/N-ethyl adjacent to an activating group) is 1. The third-order valence-electron chi connectivity index (χ3n) is 4.76. The molecule has 1 aromatic heterocycles. The molecule has 1 amide bonds. The molecule has 0 aliphatic carbocycles. The predicted molar refractivity (Wildman–Crippen MR) is 77.5 cm³/mol. The molecule has 3 heterocycles. The van der Waals surface area contributed by atoms with Crippen molar-refractivity contribution in [3.05, 3.63) is 16.6 Å². The monoisotopic (exact) mass is 295 g/mol. The van der Waals surface area contributed by atoms with E-state index in [1.807, 2.05) is 23.5 Å². The molecule has 2 fully saturated rings. The molecule has 2 aliphatic heterocycles. The second-order valence-electron chi connectivity index (χ2n) is 5.74. The van der Waals surface area contributed by atoms with Crippen molar-refractivity contribution in [3.63, 3.8) is 0 Å². The van der Waals surface area contributed by atoms with E-state index in [-0.39, 0.29) is 24.2 Å². The van der Waals surface area contributed by atoms with Gasteiger partial charge in [-0.05, 0) is 19.8 Å². The van der Waals surface area contributed by atoms with Gasteiger partial charge in [0.05, 0.1) is 18.2 Å². The maximum atomic E-state index is 11.7. The highest BCUT2D eigenvalue weighted by Crippen LogP contribution is 2.35. The Hall–Kier alpha value is -0.980. The van der Waals surface area contributed by atoms with Crippen LogP contribution in [0.25, 0.3) is 0 Å². The van der Waals surface area contributed by atoms with Crippen molar-refractivity contribution in [2.24, 2.45) is 0 Å². The number of carbonyl (C=O) groups excluding carboxylic acids is 1. The fourth-order valence-electron chi connectivity index (χ4n) is 3.17. The van der Waals surface area contributed by atoms with Gasteiger partial charge in [0.2, 0.25) is 5.91 Å². The quantitative estimate of drug-likeness (QED) is 0.826. The van der Waals surface area contributed by atoms with Gasteiger partial charge in [-0.3, -0.25) is 9.69 Å². The van der Waals surface area contributed by atoms with E-state index in [1.165, 1.54) is 5.01 Å². The van der Waals surface area contributed by atoms with Crippen molar-refractivity contribution in [2.75, 3.05) is 26.7 Å². The highest BCUT2D eigenvalue weighted by atomic mass is 32.1. The fourth-order valence-corrected chi connectivity index (χ4v) is 3.83. The normalized spacial score (nSPS) is 27.2. The summed E-state index contributed by atoms with van der Waals surface area (Å²) in [6.45, 7) is 5.27. The number of amides is 1. The van der Waals surface area contributed by atoms with E-state index in [2.05, 4.69) is 16.8 Å². The average Bonchev–Trinajstić information content (AvgIpc) is 2.96. The van der Waals surface area contributed by atoms with Crippen LogP contribution in [-0.4, -0.2) is 59.1 Å². The Morgan fingerprint density at radius 1 is 1.50 bits per heavy atom. The number of ether oxygens (including phenoxy) is 1. The summed E-state index contributed by atoms with van der Waals surface area (Å²) >= 11 is 1.71. The van der Waals surface area contributed by atoms with Gasteiger partial charge >= 0.3 is 0 Å². The molecule has 5 nitrogen and oxygen atoms in total. The molecule has 0 N–H and O–H groups in total. The highest BCUT2D eigenvalue weighted by molar-refractivity contribution is 7.09. The minimum absolute atomic E-state index is 0.0911. The lowest BCUT2D eigenvalue weighted by Gasteiger charge is -2.50. The third kappa shape index (κ3) is 2.47. The van der Waals surface area contributed by atoms with Crippen molar-refractivity contribution >= 4 is 17.2 Å². The molecule has 110 valence electrons. The largest absolute Gasteiger partial charge is 0.363 e. The number of hydrogen-bond donors (Lipinski definition) is 0. The van der Waals surface area contributed by atoms with Crippen LogP contribution in [0.4, 0.5) is 0 Å². The summed E-state index contributed by atoms with van der Waals surface area (Å²) in [6, 6.07) is 0.158. The molecule has 0 saturated carbocycles. The number of nitrogens with zero attached hydrogens (tertiary/aromatic N) is 3. The summed E-state index contributed by atoms with van der Waals surface area (Å²) in [5, 5.41) is 3.19. The lowest BCUT2D eigenvalue weighted by atomic mass is 9.83. The summed E-state index contributed by atoms with van der Waals surface area (Å²) in [5.74, 6) is 0.0911. The van der Waals surface area contributed by atoms with Gasteiger partial charge in [-0.2, -0.15) is 0 Å². The Bertz CT molecular complexity index is 469. The molecule has 6 heteroatoms. The zero-order valence-corrected chi connectivity index (χ0v) is 12.9. The Morgan fingerprint density at radius 2 is 2.25 bits per heavy atom. The number of aromatic nitrogens is 1. The van der Waals surface area contributed by atoms with Crippen LogP contribution in [0.2, 0.25) is 0 Å². The second-order valence-corrected chi connectivity index (χ2v) is 6.72. The molecule has 3 rings (SSSR count). The highest BCUT2D eigenvalue weighted by Gasteiger charge is 2.46. The lowest BCUT2D eigenvalue weighted by molar-refractivity contribution is -0.183. The molecule has 20 heavy (non-hydrogen) atoms. The number of hydrogen-bond acceptors (Lipinski definition) is 5. The van der Waals surface area contributed by atoms with Crippen LogP contribution >= 0.6 is 11.3 Å². The van der Waals surface area contributed by atoms with E-state index in [0.717, 1.165) is 32.5 Å². The van der Waals surface area contributed by atoms with E-state index < -0.39 is 0 Å². The second kappa shape index (κ2) is 5.42. The molecular weight excluding hydrogens is 274 g/mol. The van der Waals surface area contributed by atoms with Gasteiger partial charge < -0.3 is 9.64 Å². The Labute approximate surface area is 123 Å². The fraction of sp³-hybridized carbons (Fsp3) is 0.714. The van der Waals surface area contributed by atoms with Gasteiger partial charge in [0, 0.05) is 31.7 Å². The first-order valence-corrected chi connectivity index (χ1v) is 7.99. The van der Waals surface area contributed by atoms with E-state index in [9.17, 15) is 4.79 Å². The predicted octanol–water partition coefficient (Wildman–Crippen LogP) is 1.35. The van der Waals surface area contributed by atoms with Crippen LogP contribution in [0, 0.1) is 0 Å². The van der Waals surface area contributed by atoms with Crippen molar-refractivity contribution in [3.8, 4) is 0 Å². The van der Waals surface area contributed by atoms with Gasteiger partial charge in [0.1, 0.15) is 11.6 Å².